The van der Waals surface area contributed by atoms with Crippen LogP contribution in [0.5, 0.6) is 0 Å². The summed E-state index contributed by atoms with van der Waals surface area (Å²) in [6.45, 7) is 4.59. The van der Waals surface area contributed by atoms with E-state index < -0.39 is 0 Å². The van der Waals surface area contributed by atoms with Gasteiger partial charge in [0.15, 0.2) is 0 Å². The molecule has 2 fully saturated rings. The normalized spacial score (nSPS) is 38.2. The summed E-state index contributed by atoms with van der Waals surface area (Å²) in [5.74, 6) is 2.29. The van der Waals surface area contributed by atoms with Crippen molar-refractivity contribution in [1.82, 2.24) is 0 Å². The Kier molecular flexibility index (Phi) is 3.70. The molecule has 1 nitrogen and oxygen atoms in total. The zero-order valence-corrected chi connectivity index (χ0v) is 12.7. The summed E-state index contributed by atoms with van der Waals surface area (Å²) in [5, 5.41) is 0. The second-order valence-electron chi connectivity index (χ2n) is 7.20. The Labute approximate surface area is 122 Å². The molecule has 108 valence electrons. The monoisotopic (exact) mass is 270 g/mol. The van der Waals surface area contributed by atoms with E-state index in [2.05, 4.69) is 44.2 Å². The molecule has 3 unspecified atom stereocenters. The van der Waals surface area contributed by atoms with Crippen LogP contribution in [0.2, 0.25) is 0 Å². The Morgan fingerprint density at radius 1 is 1.20 bits per heavy atom. The van der Waals surface area contributed by atoms with Crippen molar-refractivity contribution in [3.63, 3.8) is 0 Å². The lowest BCUT2D eigenvalue weighted by atomic mass is 9.58. The van der Waals surface area contributed by atoms with Crippen molar-refractivity contribution in [1.29, 1.82) is 0 Å². The van der Waals surface area contributed by atoms with Gasteiger partial charge in [0.05, 0.1) is 0 Å². The number of fused-ring (bicyclic) bond motifs is 1. The van der Waals surface area contributed by atoms with Crippen molar-refractivity contribution >= 4 is 6.29 Å². The molecule has 0 aromatic heterocycles. The quantitative estimate of drug-likeness (QED) is 0.720. The molecule has 20 heavy (non-hydrogen) atoms. The first-order valence-electron chi connectivity index (χ1n) is 8.17. The molecule has 0 heterocycles. The highest BCUT2D eigenvalue weighted by atomic mass is 16.1. The summed E-state index contributed by atoms with van der Waals surface area (Å²) in [4.78, 5) is 11.3. The van der Waals surface area contributed by atoms with Crippen LogP contribution in [0.15, 0.2) is 30.3 Å². The first-order chi connectivity index (χ1) is 9.66. The molecule has 5 atom stereocenters. The van der Waals surface area contributed by atoms with E-state index in [4.69, 9.17) is 0 Å². The molecule has 3 rings (SSSR count). The van der Waals surface area contributed by atoms with Crippen LogP contribution in [0.4, 0.5) is 0 Å². The predicted octanol–water partition coefficient (Wildman–Crippen LogP) is 4.82. The molecular formula is C19H26O. The average molecular weight is 270 g/mol. The van der Waals surface area contributed by atoms with Crippen LogP contribution >= 0.6 is 0 Å². The van der Waals surface area contributed by atoms with Gasteiger partial charge in [-0.15, -0.1) is 0 Å². The van der Waals surface area contributed by atoms with E-state index in [1.54, 1.807) is 0 Å². The fourth-order valence-corrected chi connectivity index (χ4v) is 5.29. The molecule has 2 aliphatic carbocycles. The zero-order chi connectivity index (χ0) is 14.2. The summed E-state index contributed by atoms with van der Waals surface area (Å²) < 4.78 is 0. The van der Waals surface area contributed by atoms with Gasteiger partial charge in [0.25, 0.3) is 0 Å². The van der Waals surface area contributed by atoms with Gasteiger partial charge in [-0.2, -0.15) is 0 Å². The fraction of sp³-hybridized carbons (Fsp3) is 0.632. The summed E-state index contributed by atoms with van der Waals surface area (Å²) in [7, 11) is 0. The van der Waals surface area contributed by atoms with Crippen molar-refractivity contribution in [3.8, 4) is 0 Å². The van der Waals surface area contributed by atoms with Crippen LogP contribution in [0.1, 0.15) is 57.4 Å². The molecule has 0 aliphatic heterocycles. The summed E-state index contributed by atoms with van der Waals surface area (Å²) in [6.07, 6.45) is 7.68. The van der Waals surface area contributed by atoms with Crippen LogP contribution in [0.25, 0.3) is 0 Å². The number of benzene rings is 1. The van der Waals surface area contributed by atoms with Gasteiger partial charge in [-0.25, -0.2) is 0 Å². The van der Waals surface area contributed by atoms with Gasteiger partial charge in [0.2, 0.25) is 0 Å². The van der Waals surface area contributed by atoms with Crippen LogP contribution < -0.4 is 0 Å². The Morgan fingerprint density at radius 3 is 2.65 bits per heavy atom. The summed E-state index contributed by atoms with van der Waals surface area (Å²) in [5.41, 5.74) is 1.89. The maximum Gasteiger partial charge on any atom is 0.123 e. The molecule has 0 amide bonds. The molecule has 2 saturated carbocycles. The fourth-order valence-electron chi connectivity index (χ4n) is 5.29. The van der Waals surface area contributed by atoms with Gasteiger partial charge in [0.1, 0.15) is 6.29 Å². The number of hydrogen-bond acceptors (Lipinski definition) is 1. The molecule has 1 aromatic rings. The van der Waals surface area contributed by atoms with Gasteiger partial charge in [-0.1, -0.05) is 50.6 Å². The lowest BCUT2D eigenvalue weighted by Gasteiger charge is -2.46. The number of carbonyl (C=O) groups excluding carboxylic acids is 1. The van der Waals surface area contributed by atoms with Crippen LogP contribution in [0, 0.1) is 23.2 Å². The summed E-state index contributed by atoms with van der Waals surface area (Å²) >= 11 is 0. The molecule has 1 aromatic carbocycles. The smallest absolute Gasteiger partial charge is 0.123 e. The minimum Gasteiger partial charge on any atom is -0.303 e. The maximum absolute atomic E-state index is 11.3. The van der Waals surface area contributed by atoms with Crippen molar-refractivity contribution in [2.75, 3.05) is 0 Å². The van der Waals surface area contributed by atoms with Crippen LogP contribution in [0.3, 0.4) is 0 Å². The van der Waals surface area contributed by atoms with Gasteiger partial charge in [0, 0.05) is 5.92 Å². The molecule has 1 heteroatoms. The van der Waals surface area contributed by atoms with Gasteiger partial charge in [-0.3, -0.25) is 0 Å². The Balaban J connectivity index is 1.90. The second-order valence-corrected chi connectivity index (χ2v) is 7.20. The molecule has 0 N–H and O–H groups in total. The van der Waals surface area contributed by atoms with E-state index in [1.807, 2.05) is 0 Å². The maximum atomic E-state index is 11.3. The topological polar surface area (TPSA) is 17.1 Å². The van der Waals surface area contributed by atoms with E-state index in [0.717, 1.165) is 5.92 Å². The molecule has 0 radical (unpaired) electrons. The highest BCUT2D eigenvalue weighted by Crippen LogP contribution is 2.61. The number of carbonyl (C=O) groups is 1. The third-order valence-electron chi connectivity index (χ3n) is 6.28. The number of hydrogen-bond donors (Lipinski definition) is 0. The Bertz CT molecular complexity index is 466. The number of aldehydes is 1. The number of rotatable bonds is 3. The lowest BCUT2D eigenvalue weighted by Crippen LogP contribution is -2.38. The van der Waals surface area contributed by atoms with E-state index in [1.165, 1.54) is 44.0 Å². The van der Waals surface area contributed by atoms with E-state index in [-0.39, 0.29) is 5.92 Å². The van der Waals surface area contributed by atoms with Gasteiger partial charge < -0.3 is 4.79 Å². The minimum absolute atomic E-state index is 0.222. The standard InChI is InChI=1S/C19H26O/c1-14(13-20)17-10-11-18-16(9-6-12-19(17,18)2)15-7-4-3-5-8-15/h3-5,7-8,13-14,16-18H,6,9-12H2,1-2H3/t14-,16?,17?,18?,19-/m1/s1. The zero-order valence-electron chi connectivity index (χ0n) is 12.7. The lowest BCUT2D eigenvalue weighted by molar-refractivity contribution is -0.113. The minimum atomic E-state index is 0.222. The molecule has 2 aliphatic rings. The first-order valence-corrected chi connectivity index (χ1v) is 8.17. The third kappa shape index (κ3) is 2.12. The molecule has 0 spiro atoms. The Hall–Kier alpha value is -1.11. The SMILES string of the molecule is C[C@H](C=O)C1CCC2C(c3ccccc3)CCC[C@@]21C. The second kappa shape index (κ2) is 5.35. The Morgan fingerprint density at radius 2 is 1.95 bits per heavy atom. The average Bonchev–Trinajstić information content (AvgIpc) is 2.84. The first kappa shape index (κ1) is 13.9. The molecular weight excluding hydrogens is 244 g/mol. The van der Waals surface area contributed by atoms with Gasteiger partial charge >= 0.3 is 0 Å². The van der Waals surface area contributed by atoms with E-state index in [0.29, 0.717) is 17.3 Å². The van der Waals surface area contributed by atoms with Crippen molar-refractivity contribution < 1.29 is 4.79 Å². The predicted molar refractivity (Wildman–Crippen MR) is 82.6 cm³/mol. The van der Waals surface area contributed by atoms with E-state index >= 15 is 0 Å². The largest absolute Gasteiger partial charge is 0.303 e. The van der Waals surface area contributed by atoms with Gasteiger partial charge in [-0.05, 0) is 54.4 Å². The molecule has 0 saturated heterocycles. The molecule has 0 bridgehead atoms. The van der Waals surface area contributed by atoms with E-state index in [9.17, 15) is 4.79 Å². The van der Waals surface area contributed by atoms with Crippen LogP contribution in [-0.4, -0.2) is 6.29 Å². The van der Waals surface area contributed by atoms with Crippen molar-refractivity contribution in [2.45, 2.75) is 51.9 Å². The summed E-state index contributed by atoms with van der Waals surface area (Å²) in [6, 6.07) is 11.0. The van der Waals surface area contributed by atoms with Crippen molar-refractivity contribution in [3.05, 3.63) is 35.9 Å². The highest BCUT2D eigenvalue weighted by molar-refractivity contribution is 5.53. The van der Waals surface area contributed by atoms with Crippen molar-refractivity contribution in [2.24, 2.45) is 23.2 Å². The van der Waals surface area contributed by atoms with Crippen LogP contribution in [-0.2, 0) is 4.79 Å². The third-order valence-corrected chi connectivity index (χ3v) is 6.28. The highest BCUT2D eigenvalue weighted by Gasteiger charge is 2.52.